The van der Waals surface area contributed by atoms with Crippen LogP contribution in [-0.4, -0.2) is 8.42 Å². The minimum Gasteiger partial charge on any atom is -0.258 e. The molecule has 5 heteroatoms. The van der Waals surface area contributed by atoms with E-state index in [4.69, 9.17) is 15.8 Å². The predicted octanol–water partition coefficient (Wildman–Crippen LogP) is 5.14. The molecule has 2 rings (SSSR count). The quantitative estimate of drug-likeness (QED) is 0.715. The first kappa shape index (κ1) is 18.0. The van der Waals surface area contributed by atoms with Crippen molar-refractivity contribution in [2.45, 2.75) is 38.7 Å². The summed E-state index contributed by atoms with van der Waals surface area (Å²) in [5, 5.41) is 0.600. The SMILES string of the molecule is Cc1ccc(S(=O)(=O)OC(c2ccc(Cl)cc2)C(C)(C)C)cc1. The number of aryl methyl sites for hydroxylation is 1. The van der Waals surface area contributed by atoms with E-state index in [-0.39, 0.29) is 4.90 Å². The Hall–Kier alpha value is -1.36. The fourth-order valence-corrected chi connectivity index (χ4v) is 3.58. The van der Waals surface area contributed by atoms with Gasteiger partial charge >= 0.3 is 0 Å². The molecule has 0 heterocycles. The standard InChI is InChI=1S/C18H21ClO3S/c1-13-5-11-16(12-6-13)23(20,21)22-17(18(2,3)4)14-7-9-15(19)10-8-14/h5-12,17H,1-4H3. The molecule has 2 aromatic carbocycles. The van der Waals surface area contributed by atoms with Gasteiger partial charge in [0.1, 0.15) is 6.10 Å². The van der Waals surface area contributed by atoms with Gasteiger partial charge in [0.2, 0.25) is 0 Å². The third-order valence-electron chi connectivity index (χ3n) is 3.49. The third-order valence-corrected chi connectivity index (χ3v) is 5.04. The Morgan fingerprint density at radius 2 is 1.48 bits per heavy atom. The molecule has 0 aromatic heterocycles. The van der Waals surface area contributed by atoms with E-state index in [0.29, 0.717) is 5.02 Å². The smallest absolute Gasteiger partial charge is 0.258 e. The molecule has 0 saturated heterocycles. The van der Waals surface area contributed by atoms with Crippen molar-refractivity contribution in [1.29, 1.82) is 0 Å². The Labute approximate surface area is 143 Å². The zero-order valence-electron chi connectivity index (χ0n) is 13.7. The molecule has 0 spiro atoms. The van der Waals surface area contributed by atoms with E-state index in [9.17, 15) is 8.42 Å². The van der Waals surface area contributed by atoms with Crippen molar-refractivity contribution in [1.82, 2.24) is 0 Å². The maximum Gasteiger partial charge on any atom is 0.297 e. The Kier molecular flexibility index (Phi) is 5.19. The molecule has 0 saturated carbocycles. The highest BCUT2D eigenvalue weighted by atomic mass is 35.5. The van der Waals surface area contributed by atoms with E-state index >= 15 is 0 Å². The van der Waals surface area contributed by atoms with Crippen molar-refractivity contribution < 1.29 is 12.6 Å². The van der Waals surface area contributed by atoms with Gasteiger partial charge in [-0.25, -0.2) is 0 Å². The van der Waals surface area contributed by atoms with Gasteiger partial charge in [0.15, 0.2) is 0 Å². The summed E-state index contributed by atoms with van der Waals surface area (Å²) in [6, 6.07) is 13.7. The lowest BCUT2D eigenvalue weighted by Gasteiger charge is -2.30. The van der Waals surface area contributed by atoms with E-state index in [0.717, 1.165) is 11.1 Å². The van der Waals surface area contributed by atoms with Gasteiger partial charge in [0, 0.05) is 5.02 Å². The molecule has 2 aromatic rings. The molecule has 1 atom stereocenters. The monoisotopic (exact) mass is 352 g/mol. The van der Waals surface area contributed by atoms with Crippen molar-refractivity contribution in [3.8, 4) is 0 Å². The minimum absolute atomic E-state index is 0.159. The molecule has 0 fully saturated rings. The van der Waals surface area contributed by atoms with Gasteiger partial charge in [0.25, 0.3) is 10.1 Å². The topological polar surface area (TPSA) is 43.4 Å². The Morgan fingerprint density at radius 3 is 1.96 bits per heavy atom. The van der Waals surface area contributed by atoms with Crippen LogP contribution in [0, 0.1) is 12.3 Å². The lowest BCUT2D eigenvalue weighted by Crippen LogP contribution is -2.24. The van der Waals surface area contributed by atoms with Gasteiger partial charge in [-0.3, -0.25) is 4.18 Å². The van der Waals surface area contributed by atoms with Crippen molar-refractivity contribution in [2.75, 3.05) is 0 Å². The summed E-state index contributed by atoms with van der Waals surface area (Å²) in [4.78, 5) is 0.159. The molecule has 0 aliphatic carbocycles. The molecule has 0 radical (unpaired) electrons. The highest BCUT2D eigenvalue weighted by Crippen LogP contribution is 2.38. The van der Waals surface area contributed by atoms with Gasteiger partial charge < -0.3 is 0 Å². The van der Waals surface area contributed by atoms with Crippen LogP contribution in [0.4, 0.5) is 0 Å². The minimum atomic E-state index is -3.85. The molecule has 0 bridgehead atoms. The number of halogens is 1. The summed E-state index contributed by atoms with van der Waals surface area (Å²) in [6.45, 7) is 7.73. The van der Waals surface area contributed by atoms with E-state index in [1.54, 1.807) is 48.5 Å². The second-order valence-electron chi connectivity index (χ2n) is 6.66. The van der Waals surface area contributed by atoms with Crippen LogP contribution in [0.3, 0.4) is 0 Å². The second kappa shape index (κ2) is 6.63. The van der Waals surface area contributed by atoms with Crippen LogP contribution in [0.15, 0.2) is 53.4 Å². The van der Waals surface area contributed by atoms with Crippen LogP contribution in [0.1, 0.15) is 38.0 Å². The van der Waals surface area contributed by atoms with Crippen LogP contribution in [-0.2, 0) is 14.3 Å². The van der Waals surface area contributed by atoms with Crippen molar-refractivity contribution in [2.24, 2.45) is 5.41 Å². The lowest BCUT2D eigenvalue weighted by molar-refractivity contribution is 0.0934. The van der Waals surface area contributed by atoms with E-state index < -0.39 is 21.6 Å². The molecule has 1 unspecified atom stereocenters. The molecule has 23 heavy (non-hydrogen) atoms. The van der Waals surface area contributed by atoms with Crippen molar-refractivity contribution in [3.63, 3.8) is 0 Å². The zero-order valence-corrected chi connectivity index (χ0v) is 15.3. The first-order valence-electron chi connectivity index (χ1n) is 7.35. The zero-order chi connectivity index (χ0) is 17.3. The van der Waals surface area contributed by atoms with Gasteiger partial charge in [-0.05, 0) is 42.2 Å². The van der Waals surface area contributed by atoms with Gasteiger partial charge in [0.05, 0.1) is 4.90 Å². The first-order valence-corrected chi connectivity index (χ1v) is 9.14. The van der Waals surface area contributed by atoms with Crippen molar-refractivity contribution >= 4 is 21.7 Å². The van der Waals surface area contributed by atoms with Crippen LogP contribution < -0.4 is 0 Å². The van der Waals surface area contributed by atoms with E-state index in [1.165, 1.54) is 0 Å². The highest BCUT2D eigenvalue weighted by Gasteiger charge is 2.32. The predicted molar refractivity (Wildman–Crippen MR) is 93.1 cm³/mol. The molecule has 3 nitrogen and oxygen atoms in total. The first-order chi connectivity index (χ1) is 10.6. The number of benzene rings is 2. The van der Waals surface area contributed by atoms with Crippen LogP contribution >= 0.6 is 11.6 Å². The number of hydrogen-bond donors (Lipinski definition) is 0. The third kappa shape index (κ3) is 4.56. The summed E-state index contributed by atoms with van der Waals surface area (Å²) in [5.41, 5.74) is 1.37. The molecule has 0 aliphatic heterocycles. The van der Waals surface area contributed by atoms with E-state index in [1.807, 2.05) is 27.7 Å². The fraction of sp³-hybridized carbons (Fsp3) is 0.333. The summed E-state index contributed by atoms with van der Waals surface area (Å²) in [7, 11) is -3.85. The average Bonchev–Trinajstić information content (AvgIpc) is 2.45. The summed E-state index contributed by atoms with van der Waals surface area (Å²) in [6.07, 6.45) is -0.605. The molecule has 0 amide bonds. The average molecular weight is 353 g/mol. The van der Waals surface area contributed by atoms with Crippen LogP contribution in [0.2, 0.25) is 5.02 Å². The molecule has 0 N–H and O–H groups in total. The fourth-order valence-electron chi connectivity index (χ4n) is 2.22. The van der Waals surface area contributed by atoms with Gasteiger partial charge in [-0.1, -0.05) is 62.2 Å². The van der Waals surface area contributed by atoms with E-state index in [2.05, 4.69) is 0 Å². The summed E-state index contributed by atoms with van der Waals surface area (Å²) in [5.74, 6) is 0. The normalized spacial score (nSPS) is 13.8. The summed E-state index contributed by atoms with van der Waals surface area (Å²) >= 11 is 5.92. The Balaban J connectivity index is 2.38. The number of hydrogen-bond acceptors (Lipinski definition) is 3. The van der Waals surface area contributed by atoms with Gasteiger partial charge in [-0.15, -0.1) is 0 Å². The largest absolute Gasteiger partial charge is 0.297 e. The Bertz CT molecular complexity index is 757. The van der Waals surface area contributed by atoms with Crippen LogP contribution in [0.5, 0.6) is 0 Å². The maximum absolute atomic E-state index is 12.6. The molecule has 0 aliphatic rings. The van der Waals surface area contributed by atoms with Crippen molar-refractivity contribution in [3.05, 3.63) is 64.7 Å². The molecular weight excluding hydrogens is 332 g/mol. The molecule has 124 valence electrons. The Morgan fingerprint density at radius 1 is 0.957 bits per heavy atom. The van der Waals surface area contributed by atoms with Crippen LogP contribution in [0.25, 0.3) is 0 Å². The maximum atomic E-state index is 12.6. The second-order valence-corrected chi connectivity index (χ2v) is 8.67. The number of rotatable bonds is 4. The van der Waals surface area contributed by atoms with Gasteiger partial charge in [-0.2, -0.15) is 8.42 Å². The lowest BCUT2D eigenvalue weighted by atomic mass is 9.85. The summed E-state index contributed by atoms with van der Waals surface area (Å²) < 4.78 is 30.8. The highest BCUT2D eigenvalue weighted by molar-refractivity contribution is 7.86. The molecular formula is C18H21ClO3S.